The van der Waals surface area contributed by atoms with Crippen LogP contribution in [-0.2, 0) is 11.3 Å². The highest BCUT2D eigenvalue weighted by Gasteiger charge is 2.29. The van der Waals surface area contributed by atoms with Crippen molar-refractivity contribution in [3.63, 3.8) is 0 Å². The summed E-state index contributed by atoms with van der Waals surface area (Å²) < 4.78 is 5.63. The summed E-state index contributed by atoms with van der Waals surface area (Å²) in [5.41, 5.74) is 10.8. The standard InChI is InChI=1S/C28H30BNO4Si/c1-19-20(13-14-35(2,3)4)15-22(29(32)33)16-21(19)17-30-28(31)34-18-27-25-11-7-5-9-23(25)24-10-6-8-12-26(24)27/h5-12,15-16,27,32-33H,17-18H2,1-4H3,(H,30,31). The average Bonchev–Trinajstić information content (AvgIpc) is 3.14. The van der Waals surface area contributed by atoms with Gasteiger partial charge in [0.2, 0.25) is 0 Å². The van der Waals surface area contributed by atoms with Crippen LogP contribution in [0.1, 0.15) is 33.7 Å². The minimum absolute atomic E-state index is 0.00816. The van der Waals surface area contributed by atoms with E-state index in [1.165, 1.54) is 11.1 Å². The Morgan fingerprint density at radius 2 is 1.63 bits per heavy atom. The maximum absolute atomic E-state index is 12.6. The molecule has 0 atom stereocenters. The van der Waals surface area contributed by atoms with Gasteiger partial charge in [0.25, 0.3) is 0 Å². The summed E-state index contributed by atoms with van der Waals surface area (Å²) in [6.07, 6.45) is -0.518. The zero-order valence-corrected chi connectivity index (χ0v) is 21.6. The van der Waals surface area contributed by atoms with Crippen molar-refractivity contribution >= 4 is 26.7 Å². The molecule has 3 N–H and O–H groups in total. The van der Waals surface area contributed by atoms with E-state index in [0.29, 0.717) is 5.46 Å². The predicted octanol–water partition coefficient (Wildman–Crippen LogP) is 3.94. The Bertz CT molecular complexity index is 1280. The van der Waals surface area contributed by atoms with Crippen LogP contribution < -0.4 is 10.8 Å². The van der Waals surface area contributed by atoms with E-state index in [-0.39, 0.29) is 19.1 Å². The molecule has 3 aromatic rings. The normalized spacial score (nSPS) is 12.3. The van der Waals surface area contributed by atoms with E-state index < -0.39 is 21.3 Å². The van der Waals surface area contributed by atoms with Crippen molar-refractivity contribution in [3.8, 4) is 22.6 Å². The molecule has 1 amide bonds. The third-order valence-corrected chi connectivity index (χ3v) is 7.05. The Labute approximate surface area is 208 Å². The molecule has 0 spiro atoms. The molecule has 35 heavy (non-hydrogen) atoms. The average molecular weight is 483 g/mol. The van der Waals surface area contributed by atoms with Gasteiger partial charge in [-0.25, -0.2) is 4.79 Å². The molecule has 178 valence electrons. The number of benzene rings is 3. The van der Waals surface area contributed by atoms with Gasteiger partial charge >= 0.3 is 13.2 Å². The van der Waals surface area contributed by atoms with Crippen LogP contribution in [0.15, 0.2) is 60.7 Å². The van der Waals surface area contributed by atoms with Crippen LogP contribution in [0, 0.1) is 18.4 Å². The van der Waals surface area contributed by atoms with Gasteiger partial charge < -0.3 is 20.1 Å². The van der Waals surface area contributed by atoms with E-state index in [0.717, 1.165) is 27.8 Å². The molecule has 0 fully saturated rings. The molecule has 0 aliphatic heterocycles. The number of carbonyl (C=O) groups excluding carboxylic acids is 1. The van der Waals surface area contributed by atoms with Crippen LogP contribution >= 0.6 is 0 Å². The Morgan fingerprint density at radius 1 is 1.03 bits per heavy atom. The minimum Gasteiger partial charge on any atom is -0.449 e. The van der Waals surface area contributed by atoms with Gasteiger partial charge in [0.1, 0.15) is 14.7 Å². The number of carbonyl (C=O) groups is 1. The fourth-order valence-electron chi connectivity index (χ4n) is 4.33. The fourth-order valence-corrected chi connectivity index (χ4v) is 4.84. The Morgan fingerprint density at radius 3 is 2.20 bits per heavy atom. The Kier molecular flexibility index (Phi) is 7.18. The number of amides is 1. The summed E-state index contributed by atoms with van der Waals surface area (Å²) in [6.45, 7) is 8.82. The second kappa shape index (κ2) is 10.1. The molecule has 7 heteroatoms. The summed E-state index contributed by atoms with van der Waals surface area (Å²) in [6, 6.07) is 19.8. The smallest absolute Gasteiger partial charge is 0.449 e. The Hall–Kier alpha value is -3.31. The zero-order chi connectivity index (χ0) is 25.2. The molecule has 1 aliphatic carbocycles. The van der Waals surface area contributed by atoms with Crippen LogP contribution in [0.3, 0.4) is 0 Å². The molecule has 4 rings (SSSR count). The lowest BCUT2D eigenvalue weighted by Gasteiger charge is -2.16. The number of fused-ring (bicyclic) bond motifs is 3. The van der Waals surface area contributed by atoms with Gasteiger partial charge in [0.05, 0.1) is 0 Å². The maximum Gasteiger partial charge on any atom is 0.488 e. The molecule has 0 saturated heterocycles. The highest BCUT2D eigenvalue weighted by molar-refractivity contribution is 6.83. The second-order valence-corrected chi connectivity index (χ2v) is 14.7. The van der Waals surface area contributed by atoms with Gasteiger partial charge in [0.15, 0.2) is 0 Å². The van der Waals surface area contributed by atoms with Crippen LogP contribution in [-0.4, -0.2) is 37.9 Å². The first-order chi connectivity index (χ1) is 16.6. The molecule has 0 radical (unpaired) electrons. The van der Waals surface area contributed by atoms with Crippen molar-refractivity contribution in [1.29, 1.82) is 0 Å². The van der Waals surface area contributed by atoms with Crippen molar-refractivity contribution in [3.05, 3.63) is 88.5 Å². The quantitative estimate of drug-likeness (QED) is 0.380. The summed E-state index contributed by atoms with van der Waals surface area (Å²) in [4.78, 5) is 12.6. The van der Waals surface area contributed by atoms with Gasteiger partial charge in [0, 0.05) is 18.0 Å². The molecule has 0 heterocycles. The lowest BCUT2D eigenvalue weighted by molar-refractivity contribution is 0.142. The van der Waals surface area contributed by atoms with Crippen molar-refractivity contribution in [2.45, 2.75) is 39.0 Å². The predicted molar refractivity (Wildman–Crippen MR) is 143 cm³/mol. The van der Waals surface area contributed by atoms with Crippen LogP contribution in [0.25, 0.3) is 11.1 Å². The first-order valence-electron chi connectivity index (χ1n) is 11.8. The highest BCUT2D eigenvalue weighted by Crippen LogP contribution is 2.44. The summed E-state index contributed by atoms with van der Waals surface area (Å²) in [5, 5.41) is 22.3. The second-order valence-electron chi connectivity index (χ2n) is 9.91. The van der Waals surface area contributed by atoms with E-state index >= 15 is 0 Å². The lowest BCUT2D eigenvalue weighted by atomic mass is 9.77. The molecule has 0 saturated carbocycles. The molecule has 0 unspecified atom stereocenters. The molecule has 5 nitrogen and oxygen atoms in total. The van der Waals surface area contributed by atoms with Crippen molar-refractivity contribution in [2.75, 3.05) is 6.61 Å². The first-order valence-corrected chi connectivity index (χ1v) is 15.3. The molecular weight excluding hydrogens is 453 g/mol. The molecule has 0 bridgehead atoms. The van der Waals surface area contributed by atoms with E-state index in [2.05, 4.69) is 60.7 Å². The molecular formula is C28H30BNO4Si. The zero-order valence-electron chi connectivity index (χ0n) is 20.6. The van der Waals surface area contributed by atoms with E-state index in [9.17, 15) is 14.8 Å². The lowest BCUT2D eigenvalue weighted by Crippen LogP contribution is -2.32. The highest BCUT2D eigenvalue weighted by atomic mass is 28.3. The van der Waals surface area contributed by atoms with Gasteiger partial charge in [-0.3, -0.25) is 0 Å². The van der Waals surface area contributed by atoms with Crippen LogP contribution in [0.5, 0.6) is 0 Å². The number of alkyl carbamates (subject to hydrolysis) is 1. The molecule has 0 aromatic heterocycles. The number of ether oxygens (including phenoxy) is 1. The molecule has 3 aromatic carbocycles. The van der Waals surface area contributed by atoms with Crippen LogP contribution in [0.4, 0.5) is 4.79 Å². The van der Waals surface area contributed by atoms with Gasteiger partial charge in [-0.15, -0.1) is 5.54 Å². The van der Waals surface area contributed by atoms with E-state index in [1.54, 1.807) is 12.1 Å². The summed E-state index contributed by atoms with van der Waals surface area (Å²) in [5.74, 6) is 3.19. The largest absolute Gasteiger partial charge is 0.488 e. The van der Waals surface area contributed by atoms with Crippen molar-refractivity contribution in [2.24, 2.45) is 0 Å². The fraction of sp³-hybridized carbons (Fsp3) is 0.250. The van der Waals surface area contributed by atoms with E-state index in [4.69, 9.17) is 4.74 Å². The number of nitrogens with one attached hydrogen (secondary N) is 1. The van der Waals surface area contributed by atoms with Crippen LogP contribution in [0.2, 0.25) is 19.6 Å². The third kappa shape index (κ3) is 5.68. The molecule has 1 aliphatic rings. The minimum atomic E-state index is -1.61. The number of rotatable bonds is 5. The number of hydrogen-bond acceptors (Lipinski definition) is 4. The van der Waals surface area contributed by atoms with Gasteiger partial charge in [-0.1, -0.05) is 80.2 Å². The van der Waals surface area contributed by atoms with Crippen molar-refractivity contribution < 1.29 is 19.6 Å². The summed E-state index contributed by atoms with van der Waals surface area (Å²) in [7, 11) is -3.23. The van der Waals surface area contributed by atoms with Gasteiger partial charge in [-0.2, -0.15) is 0 Å². The topological polar surface area (TPSA) is 78.8 Å². The van der Waals surface area contributed by atoms with E-state index in [1.807, 2.05) is 31.2 Å². The van der Waals surface area contributed by atoms with Gasteiger partial charge in [-0.05, 0) is 51.8 Å². The maximum atomic E-state index is 12.6. The SMILES string of the molecule is Cc1c(C#C[Si](C)(C)C)cc(B(O)O)cc1CNC(=O)OCC1c2ccccc2-c2ccccc21. The first kappa shape index (κ1) is 24.8. The summed E-state index contributed by atoms with van der Waals surface area (Å²) >= 11 is 0. The number of hydrogen-bond donors (Lipinski definition) is 3. The monoisotopic (exact) mass is 483 g/mol. The third-order valence-electron chi connectivity index (χ3n) is 6.17. The Balaban J connectivity index is 1.47. The van der Waals surface area contributed by atoms with Crippen molar-refractivity contribution in [1.82, 2.24) is 5.32 Å².